The summed E-state index contributed by atoms with van der Waals surface area (Å²) in [5, 5.41) is 12.8. The maximum atomic E-state index is 12.0. The van der Waals surface area contributed by atoms with Crippen LogP contribution in [0.15, 0.2) is 4.52 Å². The third-order valence-corrected chi connectivity index (χ3v) is 3.66. The topological polar surface area (TPSA) is 96.5 Å². The fourth-order valence-electron chi connectivity index (χ4n) is 2.45. The Kier molecular flexibility index (Phi) is 7.31. The molecule has 2 heterocycles. The fourth-order valence-corrected chi connectivity index (χ4v) is 2.45. The van der Waals surface area contributed by atoms with E-state index in [9.17, 15) is 9.59 Å². The van der Waals surface area contributed by atoms with Crippen molar-refractivity contribution in [3.63, 3.8) is 0 Å². The number of hydrogen-bond acceptors (Lipinski definition) is 5. The zero-order valence-corrected chi connectivity index (χ0v) is 13.5. The summed E-state index contributed by atoms with van der Waals surface area (Å²) in [5.41, 5.74) is 0. The minimum atomic E-state index is -0.820. The van der Waals surface area contributed by atoms with Crippen molar-refractivity contribution in [1.82, 2.24) is 15.0 Å². The summed E-state index contributed by atoms with van der Waals surface area (Å²) in [7, 11) is 0. The molecular weight excluding hydrogens is 310 g/mol. The third kappa shape index (κ3) is 4.98. The van der Waals surface area contributed by atoms with Crippen molar-refractivity contribution in [2.75, 3.05) is 13.1 Å². The monoisotopic (exact) mass is 331 g/mol. The second-order valence-electron chi connectivity index (χ2n) is 5.37. The van der Waals surface area contributed by atoms with Crippen molar-refractivity contribution >= 4 is 24.3 Å². The van der Waals surface area contributed by atoms with E-state index in [1.54, 1.807) is 4.90 Å². The van der Waals surface area contributed by atoms with E-state index >= 15 is 0 Å². The Morgan fingerprint density at radius 3 is 2.82 bits per heavy atom. The minimum Gasteiger partial charge on any atom is -0.481 e. The van der Waals surface area contributed by atoms with E-state index in [1.807, 2.05) is 0 Å². The number of halogens is 1. The number of carboxylic acid groups (broad SMARTS) is 1. The molecule has 0 spiro atoms. The van der Waals surface area contributed by atoms with Crippen molar-refractivity contribution in [2.24, 2.45) is 5.92 Å². The van der Waals surface area contributed by atoms with Gasteiger partial charge in [-0.25, -0.2) is 0 Å². The molecule has 1 unspecified atom stereocenters. The van der Waals surface area contributed by atoms with E-state index in [0.717, 1.165) is 12.8 Å². The lowest BCUT2D eigenvalue weighted by atomic mass is 10.1. The van der Waals surface area contributed by atoms with Crippen LogP contribution in [0.4, 0.5) is 0 Å². The normalized spacial score (nSPS) is 17.3. The van der Waals surface area contributed by atoms with Gasteiger partial charge < -0.3 is 14.5 Å². The third-order valence-electron chi connectivity index (χ3n) is 3.66. The molecule has 0 aromatic carbocycles. The number of aryl methyl sites for hydroxylation is 2. The number of carbonyl (C=O) groups excluding carboxylic acids is 1. The van der Waals surface area contributed by atoms with Crippen LogP contribution in [0.3, 0.4) is 0 Å². The van der Waals surface area contributed by atoms with E-state index in [-0.39, 0.29) is 18.3 Å². The highest BCUT2D eigenvalue weighted by Crippen LogP contribution is 2.18. The largest absolute Gasteiger partial charge is 0.481 e. The molecule has 1 aliphatic rings. The van der Waals surface area contributed by atoms with Crippen LogP contribution < -0.4 is 0 Å². The molecule has 0 saturated carbocycles. The van der Waals surface area contributed by atoms with Crippen molar-refractivity contribution in [3.05, 3.63) is 11.7 Å². The van der Waals surface area contributed by atoms with Gasteiger partial charge in [-0.1, -0.05) is 12.1 Å². The molecule has 1 N–H and O–H groups in total. The van der Waals surface area contributed by atoms with Crippen molar-refractivity contribution in [1.29, 1.82) is 0 Å². The molecule has 1 aromatic heterocycles. The Bertz CT molecular complexity index is 506. The van der Waals surface area contributed by atoms with Gasteiger partial charge in [0.15, 0.2) is 5.82 Å². The number of likely N-dealkylation sites (tertiary alicyclic amines) is 1. The number of aliphatic carboxylic acids is 1. The lowest BCUT2D eigenvalue weighted by Gasteiger charge is -2.15. The number of aromatic nitrogens is 2. The van der Waals surface area contributed by atoms with Gasteiger partial charge in [0, 0.05) is 32.4 Å². The Hall–Kier alpha value is -1.63. The Labute approximate surface area is 135 Å². The van der Waals surface area contributed by atoms with Crippen LogP contribution in [0.1, 0.15) is 44.3 Å². The standard InChI is InChI=1S/C14H21N3O4.ClH/c1-2-4-11-15-12(21-16-11)5-3-6-13(18)17-8-7-10(9-17)14(19)20;/h10H,2-9H2,1H3,(H,19,20);1H. The highest BCUT2D eigenvalue weighted by Gasteiger charge is 2.30. The van der Waals surface area contributed by atoms with Crippen molar-refractivity contribution < 1.29 is 19.2 Å². The lowest BCUT2D eigenvalue weighted by molar-refractivity contribution is -0.141. The highest BCUT2D eigenvalue weighted by molar-refractivity contribution is 5.85. The minimum absolute atomic E-state index is 0. The summed E-state index contributed by atoms with van der Waals surface area (Å²) >= 11 is 0. The number of hydrogen-bond donors (Lipinski definition) is 1. The van der Waals surface area contributed by atoms with Gasteiger partial charge in [-0.3, -0.25) is 9.59 Å². The number of carboxylic acids is 1. The van der Waals surface area contributed by atoms with E-state index in [0.29, 0.717) is 50.5 Å². The quantitative estimate of drug-likeness (QED) is 0.816. The van der Waals surface area contributed by atoms with Gasteiger partial charge in [0.2, 0.25) is 11.8 Å². The van der Waals surface area contributed by atoms with Gasteiger partial charge >= 0.3 is 5.97 Å². The smallest absolute Gasteiger partial charge is 0.308 e. The number of carbonyl (C=O) groups is 2. The summed E-state index contributed by atoms with van der Waals surface area (Å²) < 4.78 is 5.11. The van der Waals surface area contributed by atoms with Gasteiger partial charge in [-0.2, -0.15) is 4.98 Å². The van der Waals surface area contributed by atoms with Crippen LogP contribution in [-0.4, -0.2) is 45.1 Å². The molecule has 1 aromatic rings. The molecule has 1 saturated heterocycles. The summed E-state index contributed by atoms with van der Waals surface area (Å²) in [6.07, 6.45) is 3.92. The van der Waals surface area contributed by atoms with Crippen LogP contribution in [0.25, 0.3) is 0 Å². The maximum Gasteiger partial charge on any atom is 0.308 e. The fraction of sp³-hybridized carbons (Fsp3) is 0.714. The predicted molar refractivity (Wildman–Crippen MR) is 80.8 cm³/mol. The van der Waals surface area contributed by atoms with E-state index in [2.05, 4.69) is 17.1 Å². The molecule has 2 rings (SSSR count). The summed E-state index contributed by atoms with van der Waals surface area (Å²) in [4.78, 5) is 28.7. The zero-order valence-electron chi connectivity index (χ0n) is 12.7. The van der Waals surface area contributed by atoms with Crippen LogP contribution in [0.5, 0.6) is 0 Å². The highest BCUT2D eigenvalue weighted by atomic mass is 35.5. The molecule has 7 nitrogen and oxygen atoms in total. The SMILES string of the molecule is CCCc1noc(CCCC(=O)N2CCC(C(=O)O)C2)n1.Cl. The van der Waals surface area contributed by atoms with Gasteiger partial charge in [0.1, 0.15) is 0 Å². The van der Waals surface area contributed by atoms with Crippen molar-refractivity contribution in [2.45, 2.75) is 45.4 Å². The molecule has 0 aliphatic carbocycles. The summed E-state index contributed by atoms with van der Waals surface area (Å²) in [6.45, 7) is 2.92. The first kappa shape index (κ1) is 18.4. The summed E-state index contributed by atoms with van der Waals surface area (Å²) in [6, 6.07) is 0. The summed E-state index contributed by atoms with van der Waals surface area (Å²) in [5.74, 6) is 0.0481. The first-order valence-electron chi connectivity index (χ1n) is 7.42. The van der Waals surface area contributed by atoms with E-state index < -0.39 is 11.9 Å². The van der Waals surface area contributed by atoms with Crippen molar-refractivity contribution in [3.8, 4) is 0 Å². The van der Waals surface area contributed by atoms with Crippen LogP contribution in [0, 0.1) is 5.92 Å². The molecule has 124 valence electrons. The first-order chi connectivity index (χ1) is 10.1. The van der Waals surface area contributed by atoms with E-state index in [4.69, 9.17) is 9.63 Å². The second-order valence-corrected chi connectivity index (χ2v) is 5.37. The van der Waals surface area contributed by atoms with E-state index in [1.165, 1.54) is 0 Å². The molecular formula is C14H22ClN3O4. The first-order valence-corrected chi connectivity index (χ1v) is 7.42. The molecule has 1 amide bonds. The maximum absolute atomic E-state index is 12.0. The lowest BCUT2D eigenvalue weighted by Crippen LogP contribution is -2.29. The van der Waals surface area contributed by atoms with Crippen LogP contribution in [0.2, 0.25) is 0 Å². The molecule has 1 atom stereocenters. The van der Waals surface area contributed by atoms with Crippen LogP contribution >= 0.6 is 12.4 Å². The molecule has 1 aliphatic heterocycles. The molecule has 1 fully saturated rings. The second kappa shape index (κ2) is 8.73. The Morgan fingerprint density at radius 2 is 2.18 bits per heavy atom. The number of nitrogens with zero attached hydrogens (tertiary/aromatic N) is 3. The van der Waals surface area contributed by atoms with Gasteiger partial charge in [0.25, 0.3) is 0 Å². The molecule has 8 heteroatoms. The average molecular weight is 332 g/mol. The Morgan fingerprint density at radius 1 is 1.41 bits per heavy atom. The molecule has 0 bridgehead atoms. The van der Waals surface area contributed by atoms with Gasteiger partial charge in [-0.05, 0) is 19.3 Å². The number of rotatable bonds is 7. The Balaban J connectivity index is 0.00000242. The predicted octanol–water partition coefficient (Wildman–Crippen LogP) is 1.70. The van der Waals surface area contributed by atoms with Crippen LogP contribution in [-0.2, 0) is 22.4 Å². The zero-order chi connectivity index (χ0) is 15.2. The van der Waals surface area contributed by atoms with Gasteiger partial charge in [0.05, 0.1) is 5.92 Å². The number of amides is 1. The molecule has 22 heavy (non-hydrogen) atoms. The van der Waals surface area contributed by atoms with Gasteiger partial charge in [-0.15, -0.1) is 12.4 Å². The average Bonchev–Trinajstić information content (AvgIpc) is 3.08. The molecule has 0 radical (unpaired) electrons.